The number of thiophene rings is 1. The highest BCUT2D eigenvalue weighted by atomic mass is 32.3. The maximum atomic E-state index is 13.0. The molecule has 5 nitrogen and oxygen atoms in total. The Balaban J connectivity index is 2.26. The van der Waals surface area contributed by atoms with E-state index < -0.39 is 16.2 Å². The minimum Gasteiger partial charge on any atom is -0.468 e. The van der Waals surface area contributed by atoms with E-state index in [1.807, 2.05) is 0 Å². The Bertz CT molecular complexity index is 739. The van der Waals surface area contributed by atoms with E-state index in [0.29, 0.717) is 16.6 Å². The van der Waals surface area contributed by atoms with Gasteiger partial charge in [0.05, 0.1) is 13.7 Å². The van der Waals surface area contributed by atoms with Crippen molar-refractivity contribution in [1.29, 1.82) is 0 Å². The number of esters is 1. The number of halogens is 1. The van der Waals surface area contributed by atoms with E-state index in [0.717, 1.165) is 16.9 Å². The van der Waals surface area contributed by atoms with Gasteiger partial charge in [0.1, 0.15) is 0 Å². The average Bonchev–Trinajstić information content (AvgIpc) is 2.83. The number of benzene rings is 1. The number of rotatable bonds is 5. The fourth-order valence-electron chi connectivity index (χ4n) is 1.73. The second-order valence-corrected chi connectivity index (χ2v) is 6.64. The molecule has 0 fully saturated rings. The summed E-state index contributed by atoms with van der Waals surface area (Å²) in [6.07, 6.45) is 0. The van der Waals surface area contributed by atoms with Gasteiger partial charge >= 0.3 is 16.2 Å². The highest BCUT2D eigenvalue weighted by Crippen LogP contribution is 2.32. The van der Waals surface area contributed by atoms with Gasteiger partial charge in [-0.3, -0.25) is 4.79 Å². The highest BCUT2D eigenvalue weighted by molar-refractivity contribution is 7.88. The van der Waals surface area contributed by atoms with E-state index in [1.54, 1.807) is 18.2 Å². The molecule has 108 valence electrons. The van der Waals surface area contributed by atoms with Gasteiger partial charge < -0.3 is 10.1 Å². The van der Waals surface area contributed by atoms with Crippen LogP contribution in [-0.2, 0) is 26.3 Å². The number of ether oxygens (including phenoxy) is 1. The molecule has 0 unspecified atom stereocenters. The number of nitrogens with one attached hydrogen (secondary N) is 1. The van der Waals surface area contributed by atoms with Crippen molar-refractivity contribution in [2.45, 2.75) is 10.8 Å². The summed E-state index contributed by atoms with van der Waals surface area (Å²) in [5, 5.41) is 3.54. The first-order chi connectivity index (χ1) is 9.41. The van der Waals surface area contributed by atoms with Crippen LogP contribution >= 0.6 is 11.3 Å². The van der Waals surface area contributed by atoms with Gasteiger partial charge in [0.2, 0.25) is 0 Å². The van der Waals surface area contributed by atoms with E-state index >= 15 is 0 Å². The lowest BCUT2D eigenvalue weighted by molar-refractivity contribution is -0.139. The quantitative estimate of drug-likeness (QED) is 0.673. The number of fused-ring (bicyclic) bond motifs is 1. The molecule has 0 aliphatic carbocycles. The predicted molar refractivity (Wildman–Crippen MR) is 73.8 cm³/mol. The molecule has 0 amide bonds. The van der Waals surface area contributed by atoms with Gasteiger partial charge in [0.15, 0.2) is 4.21 Å². The molecule has 20 heavy (non-hydrogen) atoms. The molecule has 0 bridgehead atoms. The van der Waals surface area contributed by atoms with Gasteiger partial charge in [0, 0.05) is 11.2 Å². The molecule has 0 spiro atoms. The third-order valence-corrected chi connectivity index (χ3v) is 5.12. The SMILES string of the molecule is COC(=O)CNCc1cccc2cc(S(=O)(=O)F)sc12. The molecule has 2 aromatic rings. The van der Waals surface area contributed by atoms with Crippen molar-refractivity contribution >= 4 is 37.6 Å². The van der Waals surface area contributed by atoms with Crippen molar-refractivity contribution in [3.63, 3.8) is 0 Å². The lowest BCUT2D eigenvalue weighted by Gasteiger charge is -2.04. The fraction of sp³-hybridized carbons (Fsp3) is 0.250. The van der Waals surface area contributed by atoms with E-state index in [-0.39, 0.29) is 10.8 Å². The zero-order valence-corrected chi connectivity index (χ0v) is 12.2. The molecule has 0 atom stereocenters. The summed E-state index contributed by atoms with van der Waals surface area (Å²) in [6, 6.07) is 6.56. The Morgan fingerprint density at radius 1 is 1.45 bits per heavy atom. The number of carbonyl (C=O) groups excluding carboxylic acids is 1. The molecule has 0 saturated carbocycles. The van der Waals surface area contributed by atoms with Crippen molar-refractivity contribution in [3.8, 4) is 0 Å². The Labute approximate surface area is 119 Å². The summed E-state index contributed by atoms with van der Waals surface area (Å²) in [7, 11) is -3.40. The normalized spacial score (nSPS) is 11.7. The molecule has 1 N–H and O–H groups in total. The summed E-state index contributed by atoms with van der Waals surface area (Å²) < 4.78 is 39.7. The van der Waals surface area contributed by atoms with E-state index in [1.165, 1.54) is 13.2 Å². The minimum absolute atomic E-state index is 0.0481. The fourth-order valence-corrected chi connectivity index (χ4v) is 3.55. The number of hydrogen-bond acceptors (Lipinski definition) is 6. The van der Waals surface area contributed by atoms with Crippen LogP contribution in [0.3, 0.4) is 0 Å². The summed E-state index contributed by atoms with van der Waals surface area (Å²) in [4.78, 5) is 11.0. The van der Waals surface area contributed by atoms with Crippen LogP contribution in [-0.4, -0.2) is 28.0 Å². The summed E-state index contributed by atoms with van der Waals surface area (Å²) in [5.41, 5.74) is 0.798. The Hall–Kier alpha value is -1.51. The first-order valence-corrected chi connectivity index (χ1v) is 7.85. The van der Waals surface area contributed by atoms with E-state index in [4.69, 9.17) is 0 Å². The van der Waals surface area contributed by atoms with E-state index in [2.05, 4.69) is 10.1 Å². The molecule has 0 aliphatic rings. The van der Waals surface area contributed by atoms with Crippen LogP contribution in [0.2, 0.25) is 0 Å². The van der Waals surface area contributed by atoms with Gasteiger partial charge in [-0.25, -0.2) is 0 Å². The first kappa shape index (κ1) is 14.9. The van der Waals surface area contributed by atoms with Gasteiger partial charge in [-0.2, -0.15) is 8.42 Å². The predicted octanol–water partition coefficient (Wildman–Crippen LogP) is 1.82. The van der Waals surface area contributed by atoms with Crippen molar-refractivity contribution < 1.29 is 21.8 Å². The van der Waals surface area contributed by atoms with Gasteiger partial charge in [-0.1, -0.05) is 22.1 Å². The van der Waals surface area contributed by atoms with Crippen LogP contribution in [0, 0.1) is 0 Å². The molecule has 1 aromatic heterocycles. The third kappa shape index (κ3) is 3.33. The Morgan fingerprint density at radius 2 is 2.20 bits per heavy atom. The van der Waals surface area contributed by atoms with Crippen molar-refractivity contribution in [2.24, 2.45) is 0 Å². The standard InChI is InChI=1S/C12H12FNO4S2/c1-18-10(15)7-14-6-9-4-2-3-8-5-11(19-12(8)9)20(13,16)17/h2-5,14H,6-7H2,1H3. The molecule has 8 heteroatoms. The maximum absolute atomic E-state index is 13.0. The highest BCUT2D eigenvalue weighted by Gasteiger charge is 2.17. The van der Waals surface area contributed by atoms with Crippen LogP contribution in [0.25, 0.3) is 10.1 Å². The zero-order valence-electron chi connectivity index (χ0n) is 10.6. The molecule has 1 aromatic carbocycles. The lowest BCUT2D eigenvalue weighted by Crippen LogP contribution is -2.23. The molecular formula is C12H12FNO4S2. The molecule has 2 rings (SSSR count). The largest absolute Gasteiger partial charge is 0.468 e. The van der Waals surface area contributed by atoms with Crippen molar-refractivity contribution in [1.82, 2.24) is 5.32 Å². The molecule has 1 heterocycles. The third-order valence-electron chi connectivity index (χ3n) is 2.66. The second kappa shape index (κ2) is 5.86. The van der Waals surface area contributed by atoms with Crippen LogP contribution in [0.15, 0.2) is 28.5 Å². The van der Waals surface area contributed by atoms with Crippen LogP contribution in [0.5, 0.6) is 0 Å². The Morgan fingerprint density at radius 3 is 2.85 bits per heavy atom. The van der Waals surface area contributed by atoms with Crippen LogP contribution < -0.4 is 5.32 Å². The monoisotopic (exact) mass is 317 g/mol. The second-order valence-electron chi connectivity index (χ2n) is 4.02. The first-order valence-electron chi connectivity index (χ1n) is 5.65. The van der Waals surface area contributed by atoms with Crippen molar-refractivity contribution in [3.05, 3.63) is 29.8 Å². The molecule has 0 radical (unpaired) electrons. The van der Waals surface area contributed by atoms with Gasteiger partial charge in [-0.05, 0) is 17.0 Å². The Kier molecular flexibility index (Phi) is 4.36. The summed E-state index contributed by atoms with van der Waals surface area (Å²) in [6.45, 7) is 0.408. The number of carbonyl (C=O) groups is 1. The number of methoxy groups -OCH3 is 1. The summed E-state index contributed by atoms with van der Waals surface area (Å²) >= 11 is 0.876. The molecular weight excluding hydrogens is 305 g/mol. The minimum atomic E-state index is -4.70. The van der Waals surface area contributed by atoms with Gasteiger partial charge in [-0.15, -0.1) is 11.3 Å². The van der Waals surface area contributed by atoms with Gasteiger partial charge in [0.25, 0.3) is 0 Å². The van der Waals surface area contributed by atoms with E-state index in [9.17, 15) is 17.1 Å². The lowest BCUT2D eigenvalue weighted by atomic mass is 10.1. The maximum Gasteiger partial charge on any atom is 0.341 e. The molecule has 0 saturated heterocycles. The number of hydrogen-bond donors (Lipinski definition) is 1. The van der Waals surface area contributed by atoms with Crippen molar-refractivity contribution in [2.75, 3.05) is 13.7 Å². The zero-order chi connectivity index (χ0) is 14.8. The smallest absolute Gasteiger partial charge is 0.341 e. The van der Waals surface area contributed by atoms with Crippen LogP contribution in [0.4, 0.5) is 3.89 Å². The topological polar surface area (TPSA) is 72.5 Å². The average molecular weight is 317 g/mol. The molecule has 0 aliphatic heterocycles. The van der Waals surface area contributed by atoms with Crippen LogP contribution in [0.1, 0.15) is 5.56 Å². The summed E-state index contributed by atoms with van der Waals surface area (Å²) in [5.74, 6) is -0.393.